The average Bonchev–Trinajstić information content (AvgIpc) is 3.21. The monoisotopic (exact) mass is 568 g/mol. The van der Waals surface area contributed by atoms with E-state index in [1.54, 1.807) is 24.3 Å². The summed E-state index contributed by atoms with van der Waals surface area (Å²) in [7, 11) is -7.72. The van der Waals surface area contributed by atoms with Crippen LogP contribution in [-0.4, -0.2) is 40.7 Å². The quantitative estimate of drug-likeness (QED) is 0.357. The van der Waals surface area contributed by atoms with Crippen molar-refractivity contribution in [2.24, 2.45) is 0 Å². The predicted octanol–water partition coefficient (Wildman–Crippen LogP) is 5.15. The maximum atomic E-state index is 13.6. The minimum atomic E-state index is -3.75. The van der Waals surface area contributed by atoms with E-state index in [1.807, 2.05) is 19.9 Å². The van der Waals surface area contributed by atoms with Crippen molar-refractivity contribution < 1.29 is 18.0 Å². The Balaban J connectivity index is 2.32. The summed E-state index contributed by atoms with van der Waals surface area (Å²) in [6.07, 6.45) is 0.881. The number of nitrogens with zero attached hydrogens (tertiary/aromatic N) is 2. The number of sulfonamides is 1. The highest BCUT2D eigenvalue weighted by Gasteiger charge is 2.38. The molecular formula is C29H40N2O4SSi2. The van der Waals surface area contributed by atoms with Gasteiger partial charge in [0.05, 0.1) is 18.7 Å². The molecule has 204 valence electrons. The second kappa shape index (κ2) is 10.9. The van der Waals surface area contributed by atoms with Crippen LogP contribution >= 0.6 is 0 Å². The highest BCUT2D eigenvalue weighted by Crippen LogP contribution is 2.35. The lowest BCUT2D eigenvalue weighted by Crippen LogP contribution is -2.47. The molecule has 0 aromatic heterocycles. The molecule has 1 aliphatic heterocycles. The van der Waals surface area contributed by atoms with Gasteiger partial charge < -0.3 is 0 Å². The maximum absolute atomic E-state index is 13.6. The van der Waals surface area contributed by atoms with Crippen LogP contribution in [0, 0.1) is 18.4 Å². The second-order valence-electron chi connectivity index (χ2n) is 12.1. The zero-order chi connectivity index (χ0) is 28.6. The van der Waals surface area contributed by atoms with E-state index in [-0.39, 0.29) is 36.2 Å². The van der Waals surface area contributed by atoms with E-state index in [0.29, 0.717) is 12.1 Å². The zero-order valence-electron chi connectivity index (χ0n) is 24.2. The van der Waals surface area contributed by atoms with Gasteiger partial charge in [-0.3, -0.25) is 14.5 Å². The van der Waals surface area contributed by atoms with Gasteiger partial charge in [-0.1, -0.05) is 69.8 Å². The molecule has 0 fully saturated rings. The lowest BCUT2D eigenvalue weighted by atomic mass is 10.0. The molecule has 0 radical (unpaired) electrons. The first-order valence-corrected chi connectivity index (χ1v) is 21.5. The van der Waals surface area contributed by atoms with Crippen LogP contribution in [0.1, 0.15) is 48.9 Å². The van der Waals surface area contributed by atoms with Gasteiger partial charge in [-0.2, -0.15) is 4.31 Å². The van der Waals surface area contributed by atoms with Gasteiger partial charge in [0.15, 0.2) is 0 Å². The fourth-order valence-corrected chi connectivity index (χ4v) is 8.47. The fraction of sp³-hybridized carbons (Fsp3) is 0.448. The Morgan fingerprint density at radius 3 is 2.13 bits per heavy atom. The highest BCUT2D eigenvalue weighted by atomic mass is 32.2. The predicted molar refractivity (Wildman–Crippen MR) is 160 cm³/mol. The molecule has 0 saturated carbocycles. The third-order valence-corrected chi connectivity index (χ3v) is 11.1. The number of amides is 2. The number of imide groups is 1. The SMILES string of the molecule is CCCC(=O)N(C(C)=O)c1cc2c(c(C#C[Si](C)(C)C)c1[Si](C)(C)C)CN(S(=O)(=O)c1ccc(C)cc1)C2. The van der Waals surface area contributed by atoms with E-state index in [4.69, 9.17) is 0 Å². The van der Waals surface area contributed by atoms with E-state index in [1.165, 1.54) is 16.1 Å². The zero-order valence-corrected chi connectivity index (χ0v) is 27.0. The van der Waals surface area contributed by atoms with Gasteiger partial charge in [0, 0.05) is 32.0 Å². The van der Waals surface area contributed by atoms with Gasteiger partial charge in [0.1, 0.15) is 8.07 Å². The van der Waals surface area contributed by atoms with E-state index in [9.17, 15) is 18.0 Å². The number of fused-ring (bicyclic) bond motifs is 1. The summed E-state index contributed by atoms with van der Waals surface area (Å²) in [4.78, 5) is 27.7. The largest absolute Gasteiger partial charge is 0.274 e. The molecule has 0 N–H and O–H groups in total. The summed E-state index contributed by atoms with van der Waals surface area (Å²) >= 11 is 0. The molecule has 0 aliphatic carbocycles. The standard InChI is InChI=1S/C29H40N2O4SSi2/c1-10-11-28(33)31(22(3)32)27-18-23-19-30(36(34,35)24-14-12-21(2)13-15-24)20-26(23)25(16-17-37(4,5)6)29(27)38(7,8)9/h12-15,18H,10-11,19-20H2,1-9H3. The Labute approximate surface area is 230 Å². The number of rotatable bonds is 6. The summed E-state index contributed by atoms with van der Waals surface area (Å²) in [6.45, 7) is 18.7. The molecule has 2 aromatic rings. The first-order valence-electron chi connectivity index (χ1n) is 13.1. The van der Waals surface area contributed by atoms with Crippen LogP contribution in [0.25, 0.3) is 0 Å². The van der Waals surface area contributed by atoms with Crippen molar-refractivity contribution in [3.8, 4) is 11.5 Å². The third kappa shape index (κ3) is 6.37. The Morgan fingerprint density at radius 2 is 1.63 bits per heavy atom. The molecule has 1 aliphatic rings. The Hall–Kier alpha value is -2.52. The number of carbonyl (C=O) groups is 2. The van der Waals surface area contributed by atoms with Gasteiger partial charge in [-0.25, -0.2) is 8.42 Å². The lowest BCUT2D eigenvalue weighted by molar-refractivity contribution is -0.125. The number of aryl methyl sites for hydroxylation is 1. The normalized spacial score (nSPS) is 14.0. The molecule has 2 aromatic carbocycles. The van der Waals surface area contributed by atoms with Crippen LogP contribution < -0.4 is 10.1 Å². The van der Waals surface area contributed by atoms with E-state index in [2.05, 4.69) is 50.7 Å². The maximum Gasteiger partial charge on any atom is 0.243 e. The van der Waals surface area contributed by atoms with Gasteiger partial charge in [-0.15, -0.1) is 5.54 Å². The summed E-state index contributed by atoms with van der Waals surface area (Å²) in [5, 5.41) is 0.941. The molecule has 9 heteroatoms. The summed E-state index contributed by atoms with van der Waals surface area (Å²) < 4.78 is 28.7. The van der Waals surface area contributed by atoms with Crippen molar-refractivity contribution in [2.45, 2.75) is 90.9 Å². The molecule has 6 nitrogen and oxygen atoms in total. The number of hydrogen-bond acceptors (Lipinski definition) is 4. The van der Waals surface area contributed by atoms with Gasteiger partial charge in [0.2, 0.25) is 21.8 Å². The Kier molecular flexibility index (Phi) is 8.64. The van der Waals surface area contributed by atoms with Crippen LogP contribution in [0.3, 0.4) is 0 Å². The molecule has 0 saturated heterocycles. The summed E-state index contributed by atoms with van der Waals surface area (Å²) in [5.74, 6) is 2.88. The summed E-state index contributed by atoms with van der Waals surface area (Å²) in [6, 6.07) is 8.75. The molecule has 0 bridgehead atoms. The first-order chi connectivity index (χ1) is 17.5. The van der Waals surface area contributed by atoms with Crippen molar-refractivity contribution >= 4 is 48.9 Å². The molecule has 1 heterocycles. The minimum Gasteiger partial charge on any atom is -0.274 e. The van der Waals surface area contributed by atoms with Crippen molar-refractivity contribution in [3.63, 3.8) is 0 Å². The molecule has 38 heavy (non-hydrogen) atoms. The highest BCUT2D eigenvalue weighted by molar-refractivity contribution is 7.89. The third-order valence-electron chi connectivity index (χ3n) is 6.43. The smallest absolute Gasteiger partial charge is 0.243 e. The average molecular weight is 569 g/mol. The number of anilines is 1. The van der Waals surface area contributed by atoms with Gasteiger partial charge in [0.25, 0.3) is 0 Å². The van der Waals surface area contributed by atoms with Crippen molar-refractivity contribution in [1.82, 2.24) is 4.31 Å². The van der Waals surface area contributed by atoms with Crippen LogP contribution in [0.4, 0.5) is 5.69 Å². The van der Waals surface area contributed by atoms with Crippen LogP contribution in [0.15, 0.2) is 35.2 Å². The molecular weight excluding hydrogens is 529 g/mol. The van der Waals surface area contributed by atoms with E-state index < -0.39 is 26.2 Å². The van der Waals surface area contributed by atoms with Gasteiger partial charge in [-0.05, 0) is 47.9 Å². The van der Waals surface area contributed by atoms with Crippen molar-refractivity contribution in [1.29, 1.82) is 0 Å². The van der Waals surface area contributed by atoms with Crippen LogP contribution in [-0.2, 0) is 32.7 Å². The molecule has 0 spiro atoms. The summed E-state index contributed by atoms with van der Waals surface area (Å²) in [5.41, 5.74) is 7.53. The van der Waals surface area contributed by atoms with Crippen LogP contribution in [0.5, 0.6) is 0 Å². The molecule has 3 rings (SSSR count). The number of benzene rings is 2. The lowest BCUT2D eigenvalue weighted by Gasteiger charge is -2.30. The molecule has 0 atom stereocenters. The fourth-order valence-electron chi connectivity index (χ4n) is 4.67. The molecule has 2 amide bonds. The Bertz CT molecular complexity index is 1420. The Morgan fingerprint density at radius 1 is 1.03 bits per heavy atom. The second-order valence-corrected chi connectivity index (χ2v) is 23.8. The van der Waals surface area contributed by atoms with Gasteiger partial charge >= 0.3 is 0 Å². The minimum absolute atomic E-state index is 0.167. The van der Waals surface area contributed by atoms with E-state index >= 15 is 0 Å². The van der Waals surface area contributed by atoms with E-state index in [0.717, 1.165) is 27.4 Å². The van der Waals surface area contributed by atoms with Crippen molar-refractivity contribution in [2.75, 3.05) is 4.90 Å². The molecule has 0 unspecified atom stereocenters. The first kappa shape index (κ1) is 30.0. The number of carbonyl (C=O) groups excluding carboxylic acids is 2. The number of hydrogen-bond donors (Lipinski definition) is 0. The van der Waals surface area contributed by atoms with Crippen molar-refractivity contribution in [3.05, 3.63) is 52.6 Å². The van der Waals surface area contributed by atoms with Crippen LogP contribution in [0.2, 0.25) is 39.3 Å². The topological polar surface area (TPSA) is 74.8 Å².